The highest BCUT2D eigenvalue weighted by Gasteiger charge is 2.09. The van der Waals surface area contributed by atoms with Crippen LogP contribution in [0.1, 0.15) is 102 Å². The summed E-state index contributed by atoms with van der Waals surface area (Å²) < 4.78 is 15.0. The summed E-state index contributed by atoms with van der Waals surface area (Å²) in [6, 6.07) is 14.8. The van der Waals surface area contributed by atoms with Crippen LogP contribution >= 0.6 is 0 Å². The number of aryl methyl sites for hydroxylation is 2. The lowest BCUT2D eigenvalue weighted by Gasteiger charge is -2.10. The third-order valence-corrected chi connectivity index (χ3v) is 6.67. The van der Waals surface area contributed by atoms with Crippen molar-refractivity contribution in [3.63, 3.8) is 0 Å². The Balaban J connectivity index is 1.64. The first-order chi connectivity index (χ1) is 15.2. The molecule has 0 N–H and O–H groups in total. The summed E-state index contributed by atoms with van der Waals surface area (Å²) in [6.07, 6.45) is 17.8. The van der Waals surface area contributed by atoms with Crippen molar-refractivity contribution in [3.8, 4) is 0 Å². The number of halogens is 1. The number of hydrogen-bond acceptors (Lipinski definition) is 0. The molecule has 0 fully saturated rings. The van der Waals surface area contributed by atoms with Gasteiger partial charge in [0.15, 0.2) is 0 Å². The number of hydrogen-bond donors (Lipinski definition) is 0. The first kappa shape index (κ1) is 23.8. The van der Waals surface area contributed by atoms with Gasteiger partial charge in [-0.15, -0.1) is 0 Å². The maximum absolute atomic E-state index is 15.0. The maximum Gasteiger partial charge on any atom is 0.131 e. The van der Waals surface area contributed by atoms with Crippen LogP contribution in [0, 0.1) is 5.82 Å². The molecule has 0 unspecified atom stereocenters. The molecule has 0 atom stereocenters. The van der Waals surface area contributed by atoms with Gasteiger partial charge in [-0.1, -0.05) is 108 Å². The first-order valence-corrected chi connectivity index (χ1v) is 12.9. The van der Waals surface area contributed by atoms with E-state index in [9.17, 15) is 4.39 Å². The van der Waals surface area contributed by atoms with Crippen molar-refractivity contribution in [2.24, 2.45) is 0 Å². The van der Waals surface area contributed by atoms with Crippen LogP contribution in [0.4, 0.5) is 4.39 Å². The van der Waals surface area contributed by atoms with Gasteiger partial charge < -0.3 is 0 Å². The topological polar surface area (TPSA) is 0 Å². The summed E-state index contributed by atoms with van der Waals surface area (Å²) >= 11 is 0. The zero-order valence-electron chi connectivity index (χ0n) is 19.8. The summed E-state index contributed by atoms with van der Waals surface area (Å²) in [5.74, 6) is -0.0796. The molecule has 0 bridgehead atoms. The average Bonchev–Trinajstić information content (AvgIpc) is 2.78. The second kappa shape index (κ2) is 12.8. The summed E-state index contributed by atoms with van der Waals surface area (Å²) in [5, 5.41) is 4.04. The van der Waals surface area contributed by atoms with Gasteiger partial charge in [-0.05, 0) is 65.1 Å². The van der Waals surface area contributed by atoms with E-state index < -0.39 is 0 Å². The molecule has 0 aliphatic heterocycles. The van der Waals surface area contributed by atoms with Crippen LogP contribution in [0.5, 0.6) is 0 Å². The van der Waals surface area contributed by atoms with Crippen molar-refractivity contribution < 1.29 is 4.39 Å². The standard InChI is InChI=1S/C30H41F/c1-3-5-7-9-11-13-15-24-17-19-27-26(21-24)23-30(31)29-22-25(18-20-28(27)29)16-14-12-10-8-6-4-2/h17-23H,3-16H2,1-2H3. The minimum absolute atomic E-state index is 0.0796. The van der Waals surface area contributed by atoms with Crippen molar-refractivity contribution in [1.29, 1.82) is 0 Å². The van der Waals surface area contributed by atoms with Crippen LogP contribution in [-0.4, -0.2) is 0 Å². The van der Waals surface area contributed by atoms with Crippen LogP contribution in [0.25, 0.3) is 21.5 Å². The molecule has 0 nitrogen and oxygen atoms in total. The highest BCUT2D eigenvalue weighted by atomic mass is 19.1. The van der Waals surface area contributed by atoms with Gasteiger partial charge in [0.05, 0.1) is 0 Å². The van der Waals surface area contributed by atoms with Crippen LogP contribution in [-0.2, 0) is 12.8 Å². The lowest BCUT2D eigenvalue weighted by molar-refractivity contribution is 0.607. The zero-order valence-corrected chi connectivity index (χ0v) is 19.8. The minimum atomic E-state index is -0.0796. The third-order valence-electron chi connectivity index (χ3n) is 6.67. The van der Waals surface area contributed by atoms with Gasteiger partial charge in [0, 0.05) is 5.39 Å². The molecule has 0 saturated carbocycles. The van der Waals surface area contributed by atoms with Gasteiger partial charge in [0.25, 0.3) is 0 Å². The lowest BCUT2D eigenvalue weighted by atomic mass is 9.95. The molecule has 3 aromatic carbocycles. The molecule has 3 rings (SSSR count). The predicted octanol–water partition coefficient (Wildman–Crippen LogP) is 9.94. The fourth-order valence-electron chi connectivity index (χ4n) is 4.74. The smallest absolute Gasteiger partial charge is 0.131 e. The third kappa shape index (κ3) is 7.06. The monoisotopic (exact) mass is 420 g/mol. The van der Waals surface area contributed by atoms with Crippen LogP contribution in [0.2, 0.25) is 0 Å². The fourth-order valence-corrected chi connectivity index (χ4v) is 4.74. The van der Waals surface area contributed by atoms with Crippen molar-refractivity contribution in [3.05, 3.63) is 59.4 Å². The number of benzene rings is 3. The van der Waals surface area contributed by atoms with Crippen LogP contribution in [0.15, 0.2) is 42.5 Å². The van der Waals surface area contributed by atoms with Gasteiger partial charge in [-0.25, -0.2) is 4.39 Å². The van der Waals surface area contributed by atoms with E-state index in [1.165, 1.54) is 93.6 Å². The van der Waals surface area contributed by atoms with E-state index in [1.807, 2.05) is 0 Å². The van der Waals surface area contributed by atoms with Gasteiger partial charge in [0.2, 0.25) is 0 Å². The van der Waals surface area contributed by atoms with E-state index in [0.29, 0.717) is 0 Å². The highest BCUT2D eigenvalue weighted by Crippen LogP contribution is 2.30. The molecular formula is C30H41F. The molecule has 0 aliphatic rings. The Hall–Kier alpha value is -1.89. The molecular weight excluding hydrogens is 379 g/mol. The van der Waals surface area contributed by atoms with E-state index in [1.54, 1.807) is 6.07 Å². The maximum atomic E-state index is 15.0. The second-order valence-corrected chi connectivity index (χ2v) is 9.33. The molecule has 3 aromatic rings. The second-order valence-electron chi connectivity index (χ2n) is 9.33. The van der Waals surface area contributed by atoms with Crippen molar-refractivity contribution in [2.75, 3.05) is 0 Å². The Kier molecular flexibility index (Phi) is 9.85. The Labute approximate surface area is 189 Å². The lowest BCUT2D eigenvalue weighted by Crippen LogP contribution is -1.91. The van der Waals surface area contributed by atoms with Crippen LogP contribution in [0.3, 0.4) is 0 Å². The minimum Gasteiger partial charge on any atom is -0.206 e. The SMILES string of the molecule is CCCCCCCCc1ccc2c(c1)cc(F)c1cc(CCCCCCCC)ccc12. The first-order valence-electron chi connectivity index (χ1n) is 12.9. The van der Waals surface area contributed by atoms with Crippen LogP contribution < -0.4 is 0 Å². The van der Waals surface area contributed by atoms with E-state index in [0.717, 1.165) is 29.0 Å². The molecule has 0 amide bonds. The quantitative estimate of drug-likeness (QED) is 0.180. The van der Waals surface area contributed by atoms with Gasteiger partial charge >= 0.3 is 0 Å². The Morgan fingerprint density at radius 1 is 0.516 bits per heavy atom. The molecule has 0 saturated heterocycles. The molecule has 0 aromatic heterocycles. The summed E-state index contributed by atoms with van der Waals surface area (Å²) in [6.45, 7) is 4.51. The molecule has 168 valence electrons. The average molecular weight is 421 g/mol. The van der Waals surface area contributed by atoms with Gasteiger partial charge in [-0.2, -0.15) is 0 Å². The number of fused-ring (bicyclic) bond motifs is 3. The number of rotatable bonds is 14. The van der Waals surface area contributed by atoms with Gasteiger partial charge in [-0.3, -0.25) is 0 Å². The molecule has 1 heteroatoms. The molecule has 0 radical (unpaired) electrons. The van der Waals surface area contributed by atoms with Gasteiger partial charge in [0.1, 0.15) is 5.82 Å². The molecule has 31 heavy (non-hydrogen) atoms. The largest absolute Gasteiger partial charge is 0.206 e. The molecule has 0 spiro atoms. The Morgan fingerprint density at radius 2 is 1.03 bits per heavy atom. The Bertz CT molecular complexity index is 940. The Morgan fingerprint density at radius 3 is 1.65 bits per heavy atom. The highest BCUT2D eigenvalue weighted by molar-refractivity contribution is 6.08. The zero-order chi connectivity index (χ0) is 21.9. The predicted molar refractivity (Wildman–Crippen MR) is 136 cm³/mol. The number of unbranched alkanes of at least 4 members (excludes halogenated alkanes) is 10. The van der Waals surface area contributed by atoms with E-state index in [2.05, 4.69) is 50.2 Å². The van der Waals surface area contributed by atoms with Crippen molar-refractivity contribution >= 4 is 21.5 Å². The fraction of sp³-hybridized carbons (Fsp3) is 0.533. The summed E-state index contributed by atoms with van der Waals surface area (Å²) in [4.78, 5) is 0. The van der Waals surface area contributed by atoms with E-state index >= 15 is 0 Å². The van der Waals surface area contributed by atoms with Crippen molar-refractivity contribution in [1.82, 2.24) is 0 Å². The molecule has 0 aliphatic carbocycles. The summed E-state index contributed by atoms with van der Waals surface area (Å²) in [7, 11) is 0. The molecule has 0 heterocycles. The summed E-state index contributed by atoms with van der Waals surface area (Å²) in [5.41, 5.74) is 2.60. The van der Waals surface area contributed by atoms with E-state index in [-0.39, 0.29) is 5.82 Å². The normalized spacial score (nSPS) is 11.6. The van der Waals surface area contributed by atoms with Crippen molar-refractivity contribution in [2.45, 2.75) is 104 Å². The van der Waals surface area contributed by atoms with E-state index in [4.69, 9.17) is 0 Å².